The SMILES string of the molecule is C[C@H]1CCc2sc(-c3nnc(SCC(=O)c4ccc(O)c(O)c4)o3)cc2C1. The number of fused-ring (bicyclic) bond motifs is 1. The Morgan fingerprint density at radius 3 is 2.96 bits per heavy atom. The van der Waals surface area contributed by atoms with Crippen molar-refractivity contribution in [3.8, 4) is 22.3 Å². The number of nitrogens with zero attached hydrogens (tertiary/aromatic N) is 2. The quantitative estimate of drug-likeness (QED) is 0.373. The molecule has 0 amide bonds. The molecule has 0 aliphatic heterocycles. The van der Waals surface area contributed by atoms with Gasteiger partial charge in [-0.25, -0.2) is 0 Å². The van der Waals surface area contributed by atoms with Crippen LogP contribution in [0.15, 0.2) is 33.9 Å². The van der Waals surface area contributed by atoms with Crippen molar-refractivity contribution in [2.24, 2.45) is 5.92 Å². The van der Waals surface area contributed by atoms with Gasteiger partial charge in [0.05, 0.1) is 10.6 Å². The highest BCUT2D eigenvalue weighted by molar-refractivity contribution is 7.99. The van der Waals surface area contributed by atoms with Gasteiger partial charge in [0.2, 0.25) is 0 Å². The molecule has 0 spiro atoms. The molecule has 1 aliphatic carbocycles. The summed E-state index contributed by atoms with van der Waals surface area (Å²) in [5.41, 5.74) is 1.70. The van der Waals surface area contributed by atoms with Crippen molar-refractivity contribution in [2.75, 3.05) is 5.75 Å². The summed E-state index contributed by atoms with van der Waals surface area (Å²) in [6.45, 7) is 2.27. The third kappa shape index (κ3) is 3.86. The lowest BCUT2D eigenvalue weighted by atomic mass is 9.90. The number of carbonyl (C=O) groups excluding carboxylic acids is 1. The summed E-state index contributed by atoms with van der Waals surface area (Å²) in [5.74, 6) is 0.523. The summed E-state index contributed by atoms with van der Waals surface area (Å²) in [7, 11) is 0. The molecule has 4 rings (SSSR count). The van der Waals surface area contributed by atoms with Crippen molar-refractivity contribution in [1.29, 1.82) is 0 Å². The van der Waals surface area contributed by atoms with Crippen LogP contribution in [0.2, 0.25) is 0 Å². The van der Waals surface area contributed by atoms with Gasteiger partial charge in [-0.3, -0.25) is 4.79 Å². The van der Waals surface area contributed by atoms with E-state index >= 15 is 0 Å². The minimum atomic E-state index is -0.318. The van der Waals surface area contributed by atoms with Gasteiger partial charge in [-0.05, 0) is 55.0 Å². The van der Waals surface area contributed by atoms with Crippen molar-refractivity contribution >= 4 is 28.9 Å². The Morgan fingerprint density at radius 2 is 2.15 bits per heavy atom. The Kier molecular flexibility index (Phi) is 4.92. The van der Waals surface area contributed by atoms with Crippen molar-refractivity contribution in [3.63, 3.8) is 0 Å². The summed E-state index contributed by atoms with van der Waals surface area (Å²) in [6, 6.07) is 6.14. The molecule has 0 unspecified atom stereocenters. The van der Waals surface area contributed by atoms with Crippen LogP contribution < -0.4 is 0 Å². The summed E-state index contributed by atoms with van der Waals surface area (Å²) in [6.07, 6.45) is 3.41. The van der Waals surface area contributed by atoms with Crippen LogP contribution in [0.25, 0.3) is 10.8 Å². The Hall–Kier alpha value is -2.32. The molecule has 0 saturated carbocycles. The minimum absolute atomic E-state index is 0.101. The Bertz CT molecular complexity index is 996. The first-order chi connectivity index (χ1) is 13.0. The van der Waals surface area contributed by atoms with Crippen molar-refractivity contribution in [2.45, 2.75) is 31.4 Å². The number of aromatic nitrogens is 2. The highest BCUT2D eigenvalue weighted by Gasteiger charge is 2.21. The fourth-order valence-corrected chi connectivity index (χ4v) is 4.87. The van der Waals surface area contributed by atoms with E-state index in [0.717, 1.165) is 29.5 Å². The van der Waals surface area contributed by atoms with Gasteiger partial charge in [-0.1, -0.05) is 18.7 Å². The van der Waals surface area contributed by atoms with E-state index in [0.29, 0.717) is 22.6 Å². The van der Waals surface area contributed by atoms with Gasteiger partial charge >= 0.3 is 0 Å². The largest absolute Gasteiger partial charge is 0.504 e. The number of aromatic hydroxyl groups is 2. The summed E-state index contributed by atoms with van der Waals surface area (Å²) >= 11 is 2.86. The highest BCUT2D eigenvalue weighted by atomic mass is 32.2. The van der Waals surface area contributed by atoms with Gasteiger partial charge in [0, 0.05) is 10.4 Å². The minimum Gasteiger partial charge on any atom is -0.504 e. The molecule has 140 valence electrons. The number of rotatable bonds is 5. The Labute approximate surface area is 164 Å². The first kappa shape index (κ1) is 18.1. The van der Waals surface area contributed by atoms with Crippen LogP contribution in [0.4, 0.5) is 0 Å². The maximum atomic E-state index is 12.2. The van der Waals surface area contributed by atoms with E-state index in [1.807, 2.05) is 0 Å². The normalized spacial score (nSPS) is 16.3. The summed E-state index contributed by atoms with van der Waals surface area (Å²) in [4.78, 5) is 14.6. The summed E-state index contributed by atoms with van der Waals surface area (Å²) < 4.78 is 5.71. The number of aryl methyl sites for hydroxylation is 1. The Morgan fingerprint density at radius 1 is 1.30 bits per heavy atom. The lowest BCUT2D eigenvalue weighted by Gasteiger charge is -2.16. The van der Waals surface area contributed by atoms with Gasteiger partial charge in [0.25, 0.3) is 11.1 Å². The molecule has 8 heteroatoms. The van der Waals surface area contributed by atoms with Crippen molar-refractivity contribution in [3.05, 3.63) is 40.3 Å². The van der Waals surface area contributed by atoms with Crippen LogP contribution in [0.3, 0.4) is 0 Å². The molecule has 2 aromatic heterocycles. The van der Waals surface area contributed by atoms with E-state index in [2.05, 4.69) is 23.2 Å². The molecular formula is C19H18N2O4S2. The first-order valence-electron chi connectivity index (χ1n) is 8.63. The summed E-state index contributed by atoms with van der Waals surface area (Å²) in [5, 5.41) is 27.3. The predicted octanol–water partition coefficient (Wildman–Crippen LogP) is 4.31. The molecule has 1 aromatic carbocycles. The molecule has 1 aliphatic rings. The molecule has 1 atom stereocenters. The molecule has 0 saturated heterocycles. The molecule has 2 N–H and O–H groups in total. The molecule has 27 heavy (non-hydrogen) atoms. The third-order valence-corrected chi connectivity index (χ3v) is 6.61. The molecule has 0 radical (unpaired) electrons. The average Bonchev–Trinajstić information content (AvgIpc) is 3.28. The van der Waals surface area contributed by atoms with E-state index in [1.54, 1.807) is 11.3 Å². The number of thioether (sulfide) groups is 1. The van der Waals surface area contributed by atoms with Gasteiger partial charge in [0.1, 0.15) is 0 Å². The van der Waals surface area contributed by atoms with Gasteiger partial charge in [0.15, 0.2) is 17.3 Å². The number of thiophene rings is 1. The van der Waals surface area contributed by atoms with Crippen LogP contribution in [-0.2, 0) is 12.8 Å². The number of hydrogen-bond donors (Lipinski definition) is 2. The third-order valence-electron chi connectivity index (χ3n) is 4.57. The highest BCUT2D eigenvalue weighted by Crippen LogP contribution is 2.37. The van der Waals surface area contributed by atoms with Crippen LogP contribution in [0.5, 0.6) is 11.5 Å². The second kappa shape index (κ2) is 7.36. The van der Waals surface area contributed by atoms with Crippen LogP contribution in [0.1, 0.15) is 34.1 Å². The topological polar surface area (TPSA) is 96.5 Å². The fraction of sp³-hybridized carbons (Fsp3) is 0.316. The molecule has 3 aromatic rings. The zero-order valence-electron chi connectivity index (χ0n) is 14.6. The van der Waals surface area contributed by atoms with Crippen LogP contribution in [0, 0.1) is 5.92 Å². The maximum absolute atomic E-state index is 12.2. The van der Waals surface area contributed by atoms with E-state index in [9.17, 15) is 15.0 Å². The predicted molar refractivity (Wildman–Crippen MR) is 104 cm³/mol. The first-order valence-corrected chi connectivity index (χ1v) is 10.4. The average molecular weight is 402 g/mol. The number of Topliss-reactive ketones (excluding diaryl/α,β-unsaturated/α-hetero) is 1. The van der Waals surface area contributed by atoms with Gasteiger partial charge < -0.3 is 14.6 Å². The van der Waals surface area contributed by atoms with Crippen LogP contribution in [-0.4, -0.2) is 31.9 Å². The zero-order chi connectivity index (χ0) is 19.0. The lowest BCUT2D eigenvalue weighted by molar-refractivity contribution is 0.102. The Balaban J connectivity index is 1.42. The number of phenolic OH excluding ortho intramolecular Hbond substituents is 2. The zero-order valence-corrected chi connectivity index (χ0v) is 16.3. The van der Waals surface area contributed by atoms with E-state index in [-0.39, 0.29) is 23.0 Å². The number of ketones is 1. The van der Waals surface area contributed by atoms with E-state index in [1.165, 1.54) is 35.1 Å². The number of phenols is 2. The molecule has 0 fully saturated rings. The maximum Gasteiger partial charge on any atom is 0.277 e. The molecular weight excluding hydrogens is 384 g/mol. The molecule has 6 nitrogen and oxygen atoms in total. The monoisotopic (exact) mass is 402 g/mol. The van der Waals surface area contributed by atoms with Gasteiger partial charge in [-0.15, -0.1) is 21.5 Å². The fourth-order valence-electron chi connectivity index (χ4n) is 3.09. The van der Waals surface area contributed by atoms with E-state index < -0.39 is 0 Å². The van der Waals surface area contributed by atoms with Crippen molar-refractivity contribution < 1.29 is 19.4 Å². The van der Waals surface area contributed by atoms with E-state index in [4.69, 9.17) is 4.42 Å². The number of benzene rings is 1. The number of hydrogen-bond acceptors (Lipinski definition) is 8. The second-order valence-corrected chi connectivity index (χ2v) is 8.76. The smallest absolute Gasteiger partial charge is 0.277 e. The second-order valence-electron chi connectivity index (χ2n) is 6.70. The molecule has 0 bridgehead atoms. The van der Waals surface area contributed by atoms with Crippen LogP contribution >= 0.6 is 23.1 Å². The number of carbonyl (C=O) groups is 1. The lowest BCUT2D eigenvalue weighted by Crippen LogP contribution is -2.07. The van der Waals surface area contributed by atoms with Gasteiger partial charge in [-0.2, -0.15) is 0 Å². The molecule has 2 heterocycles. The van der Waals surface area contributed by atoms with Crippen molar-refractivity contribution in [1.82, 2.24) is 10.2 Å². The standard InChI is InChI=1S/C19H18N2O4S2/c1-10-2-5-16-12(6-10)8-17(27-16)18-20-21-19(25-18)26-9-15(24)11-3-4-13(22)14(23)7-11/h3-4,7-8,10,22-23H,2,5-6,9H2,1H3/t10-/m0/s1.